The van der Waals surface area contributed by atoms with Crippen molar-refractivity contribution in [2.75, 3.05) is 0 Å². The molecule has 0 aromatic rings. The number of hydrogen-bond donors (Lipinski definition) is 1. The lowest BCUT2D eigenvalue weighted by molar-refractivity contribution is 0.400. The van der Waals surface area contributed by atoms with Gasteiger partial charge in [-0.15, -0.1) is 0 Å². The number of hydrogen-bond acceptors (Lipinski definition) is 2. The average Bonchev–Trinajstić information content (AvgIpc) is 2.59. The maximum absolute atomic E-state index is 3.46. The minimum Gasteiger partial charge on any atom is -0.364 e. The fourth-order valence-electron chi connectivity index (χ4n) is 1.73. The Morgan fingerprint density at radius 2 is 2.07 bits per heavy atom. The molecule has 2 heteroatoms. The third kappa shape index (κ3) is 1.84. The third-order valence-corrected chi connectivity index (χ3v) is 2.45. The van der Waals surface area contributed by atoms with Gasteiger partial charge in [0.05, 0.1) is 0 Å². The van der Waals surface area contributed by atoms with Crippen LogP contribution < -0.4 is 5.32 Å². The van der Waals surface area contributed by atoms with Gasteiger partial charge in [-0.05, 0) is 25.5 Å². The second-order valence-corrected chi connectivity index (χ2v) is 3.14. The Morgan fingerprint density at radius 3 is 2.64 bits per heavy atom. The van der Waals surface area contributed by atoms with Gasteiger partial charge in [0.15, 0.2) is 0 Å². The molecule has 0 aromatic heterocycles. The van der Waals surface area contributed by atoms with Crippen LogP contribution in [0.15, 0.2) is 35.8 Å². The molecule has 0 aliphatic carbocycles. The van der Waals surface area contributed by atoms with E-state index in [1.165, 1.54) is 11.4 Å². The molecule has 1 atom stereocenters. The molecule has 0 spiro atoms. The van der Waals surface area contributed by atoms with Crippen molar-refractivity contribution in [1.29, 1.82) is 0 Å². The summed E-state index contributed by atoms with van der Waals surface area (Å²) in [6, 6.07) is 0. The zero-order valence-corrected chi connectivity index (χ0v) is 9.54. The third-order valence-electron chi connectivity index (χ3n) is 2.45. The van der Waals surface area contributed by atoms with Gasteiger partial charge < -0.3 is 10.2 Å². The van der Waals surface area contributed by atoms with Crippen LogP contribution in [0.3, 0.4) is 0 Å². The number of allylic oxidation sites excluding steroid dienone is 4. The summed E-state index contributed by atoms with van der Waals surface area (Å²) in [7, 11) is 0. The molecule has 0 radical (unpaired) electrons. The molecule has 2 heterocycles. The summed E-state index contributed by atoms with van der Waals surface area (Å²) in [5, 5.41) is 3.46. The molecule has 0 amide bonds. The molecular weight excluding hydrogens is 172 g/mol. The highest BCUT2D eigenvalue weighted by molar-refractivity contribution is 5.27. The molecule has 0 bridgehead atoms. The van der Waals surface area contributed by atoms with E-state index in [9.17, 15) is 0 Å². The van der Waals surface area contributed by atoms with E-state index in [1.807, 2.05) is 13.8 Å². The van der Waals surface area contributed by atoms with E-state index < -0.39 is 0 Å². The van der Waals surface area contributed by atoms with Gasteiger partial charge in [0, 0.05) is 17.6 Å². The highest BCUT2D eigenvalue weighted by atomic mass is 15.3. The summed E-state index contributed by atoms with van der Waals surface area (Å²) in [6.07, 6.45) is 9.90. The van der Waals surface area contributed by atoms with Gasteiger partial charge in [0.1, 0.15) is 6.17 Å². The molecule has 0 fully saturated rings. The van der Waals surface area contributed by atoms with Crippen LogP contribution in [0.1, 0.15) is 34.1 Å². The number of fused-ring (bicyclic) bond motifs is 1. The van der Waals surface area contributed by atoms with Crippen molar-refractivity contribution in [2.24, 2.45) is 0 Å². The Labute approximate surface area is 87.0 Å². The van der Waals surface area contributed by atoms with E-state index in [0.29, 0.717) is 6.17 Å². The lowest BCUT2D eigenvalue weighted by Gasteiger charge is -2.23. The highest BCUT2D eigenvalue weighted by Crippen LogP contribution is 2.24. The summed E-state index contributed by atoms with van der Waals surface area (Å²) < 4.78 is 0. The van der Waals surface area contributed by atoms with Crippen molar-refractivity contribution in [3.8, 4) is 0 Å². The second-order valence-electron chi connectivity index (χ2n) is 3.14. The van der Waals surface area contributed by atoms with E-state index in [-0.39, 0.29) is 0 Å². The molecule has 2 nitrogen and oxygen atoms in total. The van der Waals surface area contributed by atoms with Gasteiger partial charge in [0.25, 0.3) is 0 Å². The first-order valence-corrected chi connectivity index (χ1v) is 5.42. The quantitative estimate of drug-likeness (QED) is 0.687. The normalized spacial score (nSPS) is 22.9. The first-order chi connectivity index (χ1) is 6.83. The van der Waals surface area contributed by atoms with Crippen LogP contribution in [0.5, 0.6) is 0 Å². The Bertz CT molecular complexity index is 274. The maximum Gasteiger partial charge on any atom is 0.122 e. The van der Waals surface area contributed by atoms with E-state index >= 15 is 0 Å². The van der Waals surface area contributed by atoms with E-state index in [4.69, 9.17) is 0 Å². The lowest BCUT2D eigenvalue weighted by atomic mass is 10.3. The zero-order valence-electron chi connectivity index (χ0n) is 9.54. The molecule has 1 N–H and O–H groups in total. The van der Waals surface area contributed by atoms with E-state index in [2.05, 4.69) is 48.5 Å². The van der Waals surface area contributed by atoms with E-state index in [1.54, 1.807) is 0 Å². The summed E-state index contributed by atoms with van der Waals surface area (Å²) in [5.74, 6) is 0. The van der Waals surface area contributed by atoms with E-state index in [0.717, 1.165) is 6.42 Å². The highest BCUT2D eigenvalue weighted by Gasteiger charge is 2.24. The van der Waals surface area contributed by atoms with Gasteiger partial charge >= 0.3 is 0 Å². The number of nitrogens with one attached hydrogen (secondary N) is 1. The van der Waals surface area contributed by atoms with Gasteiger partial charge in [-0.25, -0.2) is 0 Å². The van der Waals surface area contributed by atoms with Gasteiger partial charge in [0.2, 0.25) is 0 Å². The van der Waals surface area contributed by atoms with Crippen LogP contribution in [0, 0.1) is 0 Å². The molecule has 2 rings (SSSR count). The van der Waals surface area contributed by atoms with Gasteiger partial charge in [-0.2, -0.15) is 0 Å². The Morgan fingerprint density at radius 1 is 1.36 bits per heavy atom. The molecule has 78 valence electrons. The van der Waals surface area contributed by atoms with Crippen LogP contribution in [-0.2, 0) is 0 Å². The Kier molecular flexibility index (Phi) is 3.81. The molecule has 0 saturated heterocycles. The van der Waals surface area contributed by atoms with Crippen LogP contribution in [0.25, 0.3) is 0 Å². The summed E-state index contributed by atoms with van der Waals surface area (Å²) >= 11 is 0. The molecule has 2 aliphatic rings. The smallest absolute Gasteiger partial charge is 0.122 e. The van der Waals surface area contributed by atoms with Gasteiger partial charge in [-0.3, -0.25) is 0 Å². The van der Waals surface area contributed by atoms with Crippen molar-refractivity contribution >= 4 is 0 Å². The zero-order chi connectivity index (χ0) is 10.6. The maximum atomic E-state index is 3.46. The standard InChI is InChI=1S/C10H14N2.C2H6/c1-3-9-8(2)12-7-5-4-6-10(12)11-9;1-2/h4-7,10-11H,3H2,1-2H3;1-2H3. The molecule has 1 unspecified atom stereocenters. The first kappa shape index (κ1) is 10.9. The summed E-state index contributed by atoms with van der Waals surface area (Å²) in [5.41, 5.74) is 2.71. The summed E-state index contributed by atoms with van der Waals surface area (Å²) in [4.78, 5) is 2.26. The predicted octanol–water partition coefficient (Wildman–Crippen LogP) is 2.97. The molecule has 14 heavy (non-hydrogen) atoms. The van der Waals surface area contributed by atoms with Crippen molar-refractivity contribution < 1.29 is 0 Å². The monoisotopic (exact) mass is 192 g/mol. The lowest BCUT2D eigenvalue weighted by Crippen LogP contribution is -2.32. The topological polar surface area (TPSA) is 15.3 Å². The van der Waals surface area contributed by atoms with Crippen molar-refractivity contribution in [3.05, 3.63) is 35.8 Å². The Balaban J connectivity index is 0.000000461. The SMILES string of the molecule is CC.CCC1=C(C)N2C=CC=CC2N1. The van der Waals surface area contributed by atoms with Crippen LogP contribution >= 0.6 is 0 Å². The minimum absolute atomic E-state index is 0.366. The molecular formula is C12H20N2. The molecule has 0 saturated carbocycles. The second kappa shape index (κ2) is 4.89. The fourth-order valence-corrected chi connectivity index (χ4v) is 1.73. The largest absolute Gasteiger partial charge is 0.364 e. The minimum atomic E-state index is 0.366. The van der Waals surface area contributed by atoms with Crippen LogP contribution in [-0.4, -0.2) is 11.1 Å². The van der Waals surface area contributed by atoms with Crippen molar-refractivity contribution in [3.63, 3.8) is 0 Å². The first-order valence-electron chi connectivity index (χ1n) is 5.42. The fraction of sp³-hybridized carbons (Fsp3) is 0.500. The number of nitrogens with zero attached hydrogens (tertiary/aromatic N) is 1. The van der Waals surface area contributed by atoms with Gasteiger partial charge in [-0.1, -0.05) is 26.8 Å². The number of rotatable bonds is 1. The Hall–Kier alpha value is -1.18. The van der Waals surface area contributed by atoms with Crippen molar-refractivity contribution in [1.82, 2.24) is 10.2 Å². The molecule has 0 aromatic carbocycles. The predicted molar refractivity (Wildman–Crippen MR) is 61.4 cm³/mol. The molecule has 2 aliphatic heterocycles. The van der Waals surface area contributed by atoms with Crippen molar-refractivity contribution in [2.45, 2.75) is 40.3 Å². The van der Waals surface area contributed by atoms with Crippen LogP contribution in [0.2, 0.25) is 0 Å². The van der Waals surface area contributed by atoms with Crippen LogP contribution in [0.4, 0.5) is 0 Å². The average molecular weight is 192 g/mol. The summed E-state index contributed by atoms with van der Waals surface area (Å²) in [6.45, 7) is 8.34.